The summed E-state index contributed by atoms with van der Waals surface area (Å²) in [6.07, 6.45) is 13.4. The highest BCUT2D eigenvalue weighted by atomic mass is 16.2. The van der Waals surface area contributed by atoms with Crippen molar-refractivity contribution in [3.05, 3.63) is 70.9 Å². The van der Waals surface area contributed by atoms with Crippen LogP contribution < -0.4 is 21.3 Å². The number of amides is 4. The number of benzene rings is 2. The molecule has 58 heavy (non-hydrogen) atoms. The van der Waals surface area contributed by atoms with Gasteiger partial charge in [0.25, 0.3) is 0 Å². The van der Waals surface area contributed by atoms with Crippen molar-refractivity contribution in [3.63, 3.8) is 0 Å². The zero-order valence-corrected chi connectivity index (χ0v) is 34.9. The molecule has 4 saturated heterocycles. The first-order chi connectivity index (χ1) is 28.2. The molecule has 0 spiro atoms. The van der Waals surface area contributed by atoms with Crippen LogP contribution in [0.1, 0.15) is 120 Å². The Morgan fingerprint density at radius 1 is 0.690 bits per heavy atom. The molecule has 11 nitrogen and oxygen atoms in total. The SMILES string of the molecule is CN[C@@H](C)C(=O)N[C@H]1CCCC[C@H]2CC[C@@H](CC3=C(c4[nH]c5ccccc5c4C[C@@H]4CC[C@@H]5CCCC[C@H](NC(=O)[C@H](C)NC)C(=O)N54)Cc4ccccc43)N2C1=O. The predicted octanol–water partition coefficient (Wildman–Crippen LogP) is 5.62. The van der Waals surface area contributed by atoms with E-state index in [1.165, 1.54) is 33.2 Å². The third kappa shape index (κ3) is 7.84. The molecule has 8 atom stereocenters. The number of fused-ring (bicyclic) bond motifs is 4. The number of carbonyl (C=O) groups excluding carboxylic acids is 4. The van der Waals surface area contributed by atoms with Crippen molar-refractivity contribution in [1.29, 1.82) is 0 Å². The molecule has 5 aliphatic rings. The number of nitrogens with one attached hydrogen (secondary N) is 5. The van der Waals surface area contributed by atoms with Gasteiger partial charge < -0.3 is 36.1 Å². The summed E-state index contributed by atoms with van der Waals surface area (Å²) in [5, 5.41) is 13.4. The van der Waals surface area contributed by atoms with Crippen molar-refractivity contribution in [2.45, 2.75) is 158 Å². The van der Waals surface area contributed by atoms with Crippen LogP contribution in [0.5, 0.6) is 0 Å². The maximum atomic E-state index is 14.5. The van der Waals surface area contributed by atoms with E-state index in [1.807, 2.05) is 13.8 Å². The molecule has 0 saturated carbocycles. The number of aromatic amines is 1. The minimum atomic E-state index is -0.520. The van der Waals surface area contributed by atoms with Crippen molar-refractivity contribution >= 4 is 45.7 Å². The van der Waals surface area contributed by atoms with Gasteiger partial charge in [-0.15, -0.1) is 0 Å². The molecule has 0 unspecified atom stereocenters. The molecule has 1 aliphatic carbocycles. The van der Waals surface area contributed by atoms with Crippen LogP contribution in [0.2, 0.25) is 0 Å². The van der Waals surface area contributed by atoms with Crippen molar-refractivity contribution in [2.24, 2.45) is 0 Å². The number of hydrogen-bond donors (Lipinski definition) is 5. The fourth-order valence-corrected chi connectivity index (χ4v) is 10.8. The Labute approximate surface area is 343 Å². The molecule has 2 aromatic carbocycles. The van der Waals surface area contributed by atoms with Crippen LogP contribution >= 0.6 is 0 Å². The maximum absolute atomic E-state index is 14.5. The van der Waals surface area contributed by atoms with E-state index in [1.54, 1.807) is 14.1 Å². The van der Waals surface area contributed by atoms with Gasteiger partial charge in [-0.05, 0) is 126 Å². The van der Waals surface area contributed by atoms with E-state index in [9.17, 15) is 19.2 Å². The monoisotopic (exact) mass is 789 g/mol. The van der Waals surface area contributed by atoms with Gasteiger partial charge in [0, 0.05) is 47.2 Å². The number of H-pyrrole nitrogens is 1. The Bertz CT molecular complexity index is 2060. The van der Waals surface area contributed by atoms with Crippen molar-refractivity contribution in [3.8, 4) is 0 Å². The summed E-state index contributed by atoms with van der Waals surface area (Å²) in [6.45, 7) is 3.66. The molecule has 4 fully saturated rings. The quantitative estimate of drug-likeness (QED) is 0.171. The second-order valence-electron chi connectivity index (χ2n) is 17.7. The third-order valence-corrected chi connectivity index (χ3v) is 14.3. The highest BCUT2D eigenvalue weighted by molar-refractivity contribution is 6.01. The van der Waals surface area contributed by atoms with E-state index in [4.69, 9.17) is 0 Å². The lowest BCUT2D eigenvalue weighted by atomic mass is 9.92. The molecular weight excluding hydrogens is 727 g/mol. The topological polar surface area (TPSA) is 139 Å². The third-order valence-electron chi connectivity index (χ3n) is 14.3. The van der Waals surface area contributed by atoms with Gasteiger partial charge in [-0.2, -0.15) is 0 Å². The number of hydrogen-bond acceptors (Lipinski definition) is 6. The lowest BCUT2D eigenvalue weighted by Crippen LogP contribution is -2.56. The number of rotatable bonds is 11. The summed E-state index contributed by atoms with van der Waals surface area (Å²) in [5.41, 5.74) is 8.60. The van der Waals surface area contributed by atoms with E-state index in [0.29, 0.717) is 12.8 Å². The summed E-state index contributed by atoms with van der Waals surface area (Å²) >= 11 is 0. The predicted molar refractivity (Wildman–Crippen MR) is 229 cm³/mol. The second-order valence-corrected chi connectivity index (χ2v) is 17.7. The summed E-state index contributed by atoms with van der Waals surface area (Å²) in [7, 11) is 3.54. The second kappa shape index (κ2) is 17.4. The summed E-state index contributed by atoms with van der Waals surface area (Å²) in [4.78, 5) is 63.3. The van der Waals surface area contributed by atoms with Gasteiger partial charge >= 0.3 is 0 Å². The normalized spacial score (nSPS) is 27.3. The summed E-state index contributed by atoms with van der Waals surface area (Å²) in [6, 6.07) is 15.9. The Balaban J connectivity index is 1.14. The molecule has 4 amide bonds. The Morgan fingerprint density at radius 2 is 1.22 bits per heavy atom. The van der Waals surface area contributed by atoms with Gasteiger partial charge in [-0.3, -0.25) is 19.2 Å². The highest BCUT2D eigenvalue weighted by Crippen LogP contribution is 2.46. The fourth-order valence-electron chi connectivity index (χ4n) is 10.8. The minimum Gasteiger partial charge on any atom is -0.355 e. The lowest BCUT2D eigenvalue weighted by Gasteiger charge is -2.36. The molecule has 0 bridgehead atoms. The van der Waals surface area contributed by atoms with Crippen molar-refractivity contribution in [1.82, 2.24) is 36.1 Å². The van der Waals surface area contributed by atoms with Gasteiger partial charge in [0.1, 0.15) is 12.1 Å². The van der Waals surface area contributed by atoms with Crippen molar-refractivity contribution < 1.29 is 19.2 Å². The average Bonchev–Trinajstić information content (AvgIpc) is 4.01. The number of carbonyl (C=O) groups is 4. The molecule has 4 aliphatic heterocycles. The zero-order valence-electron chi connectivity index (χ0n) is 34.9. The first-order valence-corrected chi connectivity index (χ1v) is 22.2. The molecule has 5 N–H and O–H groups in total. The standard InChI is InChI=1S/C47H63N7O4/c1-28(48-3)44(55)51-41-19-10-6-14-31-21-23-33(53(31)46(41)57)26-37-35-16-8-5-13-30(35)25-38(37)43-39(36-17-9-12-18-40(36)50-43)27-34-24-22-32-15-7-11-20-42(47(58)54(32)34)52-45(56)29(2)49-4/h5,8-9,12-13,16-18,28-29,31-34,41-42,48-50H,6-7,10-11,14-15,19-27H2,1-4H3,(H,51,55)(H,52,56)/t28-,29-,31-,32-,33-,34-,41-,42-/m0/s1. The molecule has 1 aromatic heterocycles. The van der Waals surface area contributed by atoms with Crippen LogP contribution in [0.25, 0.3) is 22.0 Å². The number of nitrogens with zero attached hydrogens (tertiary/aromatic N) is 2. The van der Waals surface area contributed by atoms with Gasteiger partial charge in [0.2, 0.25) is 23.6 Å². The van der Waals surface area contributed by atoms with Crippen LogP contribution in [0.3, 0.4) is 0 Å². The van der Waals surface area contributed by atoms with E-state index >= 15 is 0 Å². The lowest BCUT2D eigenvalue weighted by molar-refractivity contribution is -0.140. The number of likely N-dealkylation sites (N-methyl/N-ethyl adjacent to an activating group) is 2. The number of aromatic nitrogens is 1. The molecule has 0 radical (unpaired) electrons. The van der Waals surface area contributed by atoms with E-state index < -0.39 is 12.1 Å². The van der Waals surface area contributed by atoms with Crippen LogP contribution in [-0.4, -0.2) is 101 Å². The van der Waals surface area contributed by atoms with Crippen LogP contribution in [0.15, 0.2) is 48.5 Å². The molecule has 310 valence electrons. The fraction of sp³-hybridized carbons (Fsp3) is 0.574. The zero-order chi connectivity index (χ0) is 40.5. The smallest absolute Gasteiger partial charge is 0.245 e. The van der Waals surface area contributed by atoms with Gasteiger partial charge in [0.15, 0.2) is 0 Å². The first kappa shape index (κ1) is 40.3. The Kier molecular flexibility index (Phi) is 12.1. The van der Waals surface area contributed by atoms with Gasteiger partial charge in [0.05, 0.1) is 12.1 Å². The van der Waals surface area contributed by atoms with Crippen molar-refractivity contribution in [2.75, 3.05) is 14.1 Å². The summed E-state index contributed by atoms with van der Waals surface area (Å²) < 4.78 is 0. The number of para-hydroxylation sites is 1. The first-order valence-electron chi connectivity index (χ1n) is 22.2. The van der Waals surface area contributed by atoms with Gasteiger partial charge in [-0.25, -0.2) is 0 Å². The maximum Gasteiger partial charge on any atom is 0.245 e. The molecule has 8 rings (SSSR count). The van der Waals surface area contributed by atoms with Gasteiger partial charge in [-0.1, -0.05) is 68.1 Å². The molecular formula is C47H63N7O4. The molecule has 11 heteroatoms. The highest BCUT2D eigenvalue weighted by Gasteiger charge is 2.44. The number of allylic oxidation sites excluding steroid dienone is 1. The van der Waals surface area contributed by atoms with Crippen LogP contribution in [0, 0.1) is 0 Å². The van der Waals surface area contributed by atoms with E-state index in [-0.39, 0.29) is 59.9 Å². The van der Waals surface area contributed by atoms with E-state index in [2.05, 4.69) is 84.6 Å². The minimum absolute atomic E-state index is 0.0227. The average molecular weight is 790 g/mol. The summed E-state index contributed by atoms with van der Waals surface area (Å²) in [5.74, 6) is -0.152. The van der Waals surface area contributed by atoms with Crippen LogP contribution in [0.4, 0.5) is 0 Å². The Hall–Kier alpha value is -4.48. The molecule has 3 aromatic rings. The van der Waals surface area contributed by atoms with Crippen LogP contribution in [-0.2, 0) is 32.0 Å². The Morgan fingerprint density at radius 3 is 1.83 bits per heavy atom. The van der Waals surface area contributed by atoms with E-state index in [0.717, 1.165) is 94.7 Å². The largest absolute Gasteiger partial charge is 0.355 e. The molecule has 5 heterocycles.